The van der Waals surface area contributed by atoms with E-state index in [2.05, 4.69) is 4.98 Å². The Bertz CT molecular complexity index is 568. The molecule has 0 unspecified atom stereocenters. The maximum atomic E-state index is 10.1. The Hall–Kier alpha value is -2.17. The molecule has 0 spiro atoms. The highest BCUT2D eigenvalue weighted by molar-refractivity contribution is 5.92. The van der Waals surface area contributed by atoms with Gasteiger partial charge in [0, 0.05) is 11.5 Å². The Kier molecular flexibility index (Phi) is 3.41. The van der Waals surface area contributed by atoms with Crippen LogP contribution in [0, 0.1) is 0 Å². The molecular weight excluding hydrogens is 234 g/mol. The van der Waals surface area contributed by atoms with Crippen molar-refractivity contribution in [3.63, 3.8) is 0 Å². The molecule has 5 heteroatoms. The van der Waals surface area contributed by atoms with Crippen LogP contribution >= 0.6 is 0 Å². The van der Waals surface area contributed by atoms with Crippen LogP contribution < -0.4 is 14.2 Å². The zero-order chi connectivity index (χ0) is 13.1. The van der Waals surface area contributed by atoms with E-state index in [1.165, 1.54) is 7.11 Å². The van der Waals surface area contributed by atoms with E-state index >= 15 is 0 Å². The molecule has 5 nitrogen and oxygen atoms in total. The lowest BCUT2D eigenvalue weighted by Gasteiger charge is -2.11. The van der Waals surface area contributed by atoms with Gasteiger partial charge in [-0.3, -0.25) is 0 Å². The Morgan fingerprint density at radius 1 is 1.17 bits per heavy atom. The second-order valence-corrected chi connectivity index (χ2v) is 3.61. The number of hydrogen-bond donors (Lipinski definition) is 1. The summed E-state index contributed by atoms with van der Waals surface area (Å²) < 4.78 is 15.7. The van der Waals surface area contributed by atoms with Crippen LogP contribution in [-0.4, -0.2) is 30.9 Å². The zero-order valence-corrected chi connectivity index (χ0v) is 10.6. The number of phenolic OH excluding ortho intramolecular Hbond substituents is 1. The van der Waals surface area contributed by atoms with Gasteiger partial charge in [0.1, 0.15) is 11.3 Å². The molecule has 2 aromatic rings. The number of hydrogen-bond acceptors (Lipinski definition) is 5. The molecule has 2 rings (SSSR count). The molecule has 1 N–H and O–H groups in total. The number of ether oxygens (including phenoxy) is 3. The molecule has 1 aromatic heterocycles. The summed E-state index contributed by atoms with van der Waals surface area (Å²) in [5, 5.41) is 10.8. The van der Waals surface area contributed by atoms with E-state index in [4.69, 9.17) is 14.2 Å². The van der Waals surface area contributed by atoms with Crippen LogP contribution in [0.2, 0.25) is 0 Å². The number of benzene rings is 1. The molecule has 0 saturated carbocycles. The van der Waals surface area contributed by atoms with Crippen molar-refractivity contribution in [3.8, 4) is 23.1 Å². The van der Waals surface area contributed by atoms with Gasteiger partial charge in [-0.25, -0.2) is 4.98 Å². The van der Waals surface area contributed by atoms with E-state index in [-0.39, 0.29) is 5.75 Å². The molecule has 1 aromatic carbocycles. The van der Waals surface area contributed by atoms with E-state index in [1.54, 1.807) is 25.3 Å². The topological polar surface area (TPSA) is 60.8 Å². The SMILES string of the molecule is CCOc1cc(OC)c2ccc(OC)c(O)c2n1. The molecule has 0 atom stereocenters. The third-order valence-corrected chi connectivity index (χ3v) is 2.59. The second-order valence-electron chi connectivity index (χ2n) is 3.61. The molecule has 0 radical (unpaired) electrons. The van der Waals surface area contributed by atoms with Crippen LogP contribution in [0.4, 0.5) is 0 Å². The van der Waals surface area contributed by atoms with Crippen molar-refractivity contribution in [1.82, 2.24) is 4.98 Å². The average Bonchev–Trinajstić information content (AvgIpc) is 2.39. The van der Waals surface area contributed by atoms with E-state index in [1.807, 2.05) is 6.92 Å². The first-order chi connectivity index (χ1) is 8.71. The van der Waals surface area contributed by atoms with Gasteiger partial charge in [0.15, 0.2) is 11.5 Å². The number of nitrogens with zero attached hydrogens (tertiary/aromatic N) is 1. The van der Waals surface area contributed by atoms with E-state index in [0.29, 0.717) is 34.9 Å². The number of rotatable bonds is 4. The number of methoxy groups -OCH3 is 2. The first kappa shape index (κ1) is 12.3. The molecule has 0 saturated heterocycles. The predicted molar refractivity (Wildman–Crippen MR) is 67.7 cm³/mol. The summed E-state index contributed by atoms with van der Waals surface area (Å²) in [6.45, 7) is 2.36. The highest BCUT2D eigenvalue weighted by Gasteiger charge is 2.14. The van der Waals surface area contributed by atoms with Gasteiger partial charge in [-0.05, 0) is 19.1 Å². The summed E-state index contributed by atoms with van der Waals surface area (Å²) in [7, 11) is 3.05. The van der Waals surface area contributed by atoms with Gasteiger partial charge in [-0.2, -0.15) is 0 Å². The van der Waals surface area contributed by atoms with Gasteiger partial charge < -0.3 is 19.3 Å². The highest BCUT2D eigenvalue weighted by atomic mass is 16.5. The van der Waals surface area contributed by atoms with Crippen molar-refractivity contribution in [1.29, 1.82) is 0 Å². The Labute approximate surface area is 105 Å². The van der Waals surface area contributed by atoms with Crippen molar-refractivity contribution in [2.45, 2.75) is 6.92 Å². The summed E-state index contributed by atoms with van der Waals surface area (Å²) >= 11 is 0. The fraction of sp³-hybridized carbons (Fsp3) is 0.308. The number of aromatic nitrogens is 1. The number of aromatic hydroxyl groups is 1. The minimum atomic E-state index is -0.0187. The predicted octanol–water partition coefficient (Wildman–Crippen LogP) is 2.36. The van der Waals surface area contributed by atoms with Crippen LogP contribution in [-0.2, 0) is 0 Å². The summed E-state index contributed by atoms with van der Waals surface area (Å²) in [5.74, 6) is 1.35. The molecule has 0 aliphatic carbocycles. The monoisotopic (exact) mass is 249 g/mol. The molecule has 96 valence electrons. The van der Waals surface area contributed by atoms with Gasteiger partial charge in [-0.15, -0.1) is 0 Å². The first-order valence-electron chi connectivity index (χ1n) is 5.58. The molecular formula is C13H15NO4. The summed E-state index contributed by atoms with van der Waals surface area (Å²) in [5.41, 5.74) is 0.400. The number of phenols is 1. The number of fused-ring (bicyclic) bond motifs is 1. The maximum Gasteiger partial charge on any atom is 0.217 e. The normalized spacial score (nSPS) is 10.4. The van der Waals surface area contributed by atoms with Gasteiger partial charge in [0.05, 0.1) is 20.8 Å². The maximum absolute atomic E-state index is 10.1. The molecule has 0 aliphatic rings. The first-order valence-corrected chi connectivity index (χ1v) is 5.58. The van der Waals surface area contributed by atoms with Crippen molar-refractivity contribution in [2.24, 2.45) is 0 Å². The van der Waals surface area contributed by atoms with Crippen LogP contribution in [0.15, 0.2) is 18.2 Å². The summed E-state index contributed by atoms with van der Waals surface area (Å²) in [6, 6.07) is 5.15. The third-order valence-electron chi connectivity index (χ3n) is 2.59. The summed E-state index contributed by atoms with van der Waals surface area (Å²) in [4.78, 5) is 4.25. The van der Waals surface area contributed by atoms with Gasteiger partial charge in [0.2, 0.25) is 5.88 Å². The lowest BCUT2D eigenvalue weighted by atomic mass is 10.1. The van der Waals surface area contributed by atoms with Crippen molar-refractivity contribution in [2.75, 3.05) is 20.8 Å². The van der Waals surface area contributed by atoms with Crippen molar-refractivity contribution < 1.29 is 19.3 Å². The Morgan fingerprint density at radius 3 is 2.50 bits per heavy atom. The van der Waals surface area contributed by atoms with Crippen molar-refractivity contribution in [3.05, 3.63) is 18.2 Å². The fourth-order valence-corrected chi connectivity index (χ4v) is 1.76. The third kappa shape index (κ3) is 1.99. The Balaban J connectivity index is 2.71. The molecule has 0 amide bonds. The summed E-state index contributed by atoms with van der Waals surface area (Å²) in [6.07, 6.45) is 0. The van der Waals surface area contributed by atoms with E-state index < -0.39 is 0 Å². The van der Waals surface area contributed by atoms with Gasteiger partial charge >= 0.3 is 0 Å². The fourth-order valence-electron chi connectivity index (χ4n) is 1.76. The van der Waals surface area contributed by atoms with Crippen LogP contribution in [0.25, 0.3) is 10.9 Å². The molecule has 18 heavy (non-hydrogen) atoms. The van der Waals surface area contributed by atoms with Crippen LogP contribution in [0.5, 0.6) is 23.1 Å². The van der Waals surface area contributed by atoms with Gasteiger partial charge in [-0.1, -0.05) is 0 Å². The molecule has 0 fully saturated rings. The molecule has 0 aliphatic heterocycles. The van der Waals surface area contributed by atoms with Gasteiger partial charge in [0.25, 0.3) is 0 Å². The van der Waals surface area contributed by atoms with Crippen LogP contribution in [0.1, 0.15) is 6.92 Å². The minimum Gasteiger partial charge on any atom is -0.503 e. The van der Waals surface area contributed by atoms with Crippen molar-refractivity contribution >= 4 is 10.9 Å². The quantitative estimate of drug-likeness (QED) is 0.901. The lowest BCUT2D eigenvalue weighted by Crippen LogP contribution is -1.97. The standard InChI is InChI=1S/C13H15NO4/c1-4-18-11-7-10(17-3)8-5-6-9(16-2)13(15)12(8)14-11/h5-7,15H,4H2,1-3H3. The molecule has 0 bridgehead atoms. The van der Waals surface area contributed by atoms with E-state index in [9.17, 15) is 5.11 Å². The lowest BCUT2D eigenvalue weighted by molar-refractivity contribution is 0.324. The second kappa shape index (κ2) is 5.00. The average molecular weight is 249 g/mol. The highest BCUT2D eigenvalue weighted by Crippen LogP contribution is 2.38. The van der Waals surface area contributed by atoms with E-state index in [0.717, 1.165) is 0 Å². The zero-order valence-electron chi connectivity index (χ0n) is 10.6. The largest absolute Gasteiger partial charge is 0.503 e. The Morgan fingerprint density at radius 2 is 1.89 bits per heavy atom. The molecule has 1 heterocycles. The number of pyridine rings is 1. The van der Waals surface area contributed by atoms with Crippen LogP contribution in [0.3, 0.4) is 0 Å². The minimum absolute atomic E-state index is 0.0187. The smallest absolute Gasteiger partial charge is 0.217 e.